The van der Waals surface area contributed by atoms with E-state index >= 15 is 0 Å². The molecule has 170 valence electrons. The molecule has 1 amide bonds. The van der Waals surface area contributed by atoms with Crippen LogP contribution < -0.4 is 10.6 Å². The van der Waals surface area contributed by atoms with Crippen LogP contribution in [0.1, 0.15) is 48.7 Å². The molecule has 0 saturated heterocycles. The number of halogens is 4. The number of benzene rings is 1. The van der Waals surface area contributed by atoms with Gasteiger partial charge in [-0.25, -0.2) is 4.98 Å². The summed E-state index contributed by atoms with van der Waals surface area (Å²) < 4.78 is 41.8. The van der Waals surface area contributed by atoms with Crippen molar-refractivity contribution in [2.75, 3.05) is 5.32 Å². The molecular weight excluding hydrogens is 443 g/mol. The molecule has 32 heavy (non-hydrogen) atoms. The lowest BCUT2D eigenvalue weighted by Gasteiger charge is -2.31. The van der Waals surface area contributed by atoms with E-state index < -0.39 is 11.9 Å². The van der Waals surface area contributed by atoms with Crippen LogP contribution in [0.2, 0.25) is 5.02 Å². The molecule has 2 atom stereocenters. The van der Waals surface area contributed by atoms with Crippen LogP contribution in [0.3, 0.4) is 0 Å². The Bertz CT molecular complexity index is 1130. The third kappa shape index (κ3) is 4.98. The predicted molar refractivity (Wildman–Crippen MR) is 117 cm³/mol. The molecule has 1 saturated carbocycles. The van der Waals surface area contributed by atoms with Crippen LogP contribution in [0, 0.1) is 0 Å². The molecule has 3 aromatic rings. The minimum absolute atomic E-state index is 0.0856. The molecule has 0 spiro atoms. The van der Waals surface area contributed by atoms with E-state index in [1.165, 1.54) is 18.3 Å². The van der Waals surface area contributed by atoms with Crippen LogP contribution in [-0.2, 0) is 12.7 Å². The number of hydrogen-bond acceptors (Lipinski definition) is 4. The molecule has 2 aromatic heterocycles. The van der Waals surface area contributed by atoms with Gasteiger partial charge in [-0.1, -0.05) is 11.6 Å². The summed E-state index contributed by atoms with van der Waals surface area (Å²) in [4.78, 5) is 16.3. The quantitative estimate of drug-likeness (QED) is 0.538. The lowest BCUT2D eigenvalue weighted by Crippen LogP contribution is -2.41. The van der Waals surface area contributed by atoms with Crippen molar-refractivity contribution in [3.05, 3.63) is 52.9 Å². The number of aromatic nitrogens is 3. The van der Waals surface area contributed by atoms with Crippen LogP contribution in [0.15, 0.2) is 36.7 Å². The van der Waals surface area contributed by atoms with Gasteiger partial charge in [-0.15, -0.1) is 0 Å². The number of anilines is 1. The third-order valence-electron chi connectivity index (χ3n) is 5.65. The first-order valence-electron chi connectivity index (χ1n) is 10.5. The summed E-state index contributed by atoms with van der Waals surface area (Å²) in [5, 5.41) is 11.3. The molecule has 0 aliphatic heterocycles. The van der Waals surface area contributed by atoms with Gasteiger partial charge in [-0.05, 0) is 56.9 Å². The summed E-state index contributed by atoms with van der Waals surface area (Å²) in [6.07, 6.45) is 1.69. The molecule has 2 heterocycles. The Hall–Kier alpha value is -2.81. The maximum atomic E-state index is 13.4. The van der Waals surface area contributed by atoms with Gasteiger partial charge in [0, 0.05) is 40.9 Å². The van der Waals surface area contributed by atoms with Gasteiger partial charge in [0.25, 0.3) is 5.91 Å². The van der Waals surface area contributed by atoms with Crippen LogP contribution in [0.4, 0.5) is 18.9 Å². The summed E-state index contributed by atoms with van der Waals surface area (Å²) in [5.41, 5.74) is 0.0984. The summed E-state index contributed by atoms with van der Waals surface area (Å²) in [7, 11) is 0. The highest BCUT2D eigenvalue weighted by atomic mass is 35.5. The Morgan fingerprint density at radius 3 is 2.75 bits per heavy atom. The highest BCUT2D eigenvalue weighted by molar-refractivity contribution is 6.31. The van der Waals surface area contributed by atoms with Gasteiger partial charge in [-0.3, -0.25) is 9.48 Å². The zero-order chi connectivity index (χ0) is 22.9. The predicted octanol–water partition coefficient (Wildman–Crippen LogP) is 5.28. The van der Waals surface area contributed by atoms with Crippen LogP contribution in [-0.4, -0.2) is 32.8 Å². The molecule has 0 bridgehead atoms. The maximum absolute atomic E-state index is 13.4. The maximum Gasteiger partial charge on any atom is 0.433 e. The average Bonchev–Trinajstić information content (AvgIpc) is 3.23. The molecular formula is C22H23ClF3N5O. The lowest BCUT2D eigenvalue weighted by atomic mass is 9.90. The standard InChI is InChI=1S/C22H23ClF3N5O/c1-2-31-12-13(11-27-31)21(32)29-16-5-3-4-15(9-16)28-19-10-20(22(24,25)26)30-18-7-6-14(23)8-17(18)19/h6-8,10-12,15-16H,2-5,9H2,1H3,(H,28,30)(H,29,32)/t15-,16+/m0/s1. The lowest BCUT2D eigenvalue weighted by molar-refractivity contribution is -0.140. The number of fused-ring (bicyclic) bond motifs is 1. The smallest absolute Gasteiger partial charge is 0.382 e. The molecule has 10 heteroatoms. The fourth-order valence-electron chi connectivity index (χ4n) is 4.06. The first-order chi connectivity index (χ1) is 15.2. The topological polar surface area (TPSA) is 71.8 Å². The van der Waals surface area contributed by atoms with Gasteiger partial charge in [0.1, 0.15) is 5.69 Å². The molecule has 0 unspecified atom stereocenters. The van der Waals surface area contributed by atoms with Crippen LogP contribution in [0.5, 0.6) is 0 Å². The van der Waals surface area contributed by atoms with Crippen molar-refractivity contribution in [1.82, 2.24) is 20.1 Å². The second kappa shape index (κ2) is 8.97. The van der Waals surface area contributed by atoms with Crippen molar-refractivity contribution in [3.63, 3.8) is 0 Å². The van der Waals surface area contributed by atoms with Gasteiger partial charge in [0.2, 0.25) is 0 Å². The minimum atomic E-state index is -4.56. The number of alkyl halides is 3. The van der Waals surface area contributed by atoms with E-state index in [1.807, 2.05) is 6.92 Å². The molecule has 6 nitrogen and oxygen atoms in total. The number of carbonyl (C=O) groups is 1. The minimum Gasteiger partial charge on any atom is -0.382 e. The number of nitrogens with zero attached hydrogens (tertiary/aromatic N) is 3. The van der Waals surface area contributed by atoms with Gasteiger partial charge in [0.05, 0.1) is 17.3 Å². The van der Waals surface area contributed by atoms with E-state index in [-0.39, 0.29) is 23.5 Å². The fourth-order valence-corrected chi connectivity index (χ4v) is 4.23. The Morgan fingerprint density at radius 1 is 1.25 bits per heavy atom. The van der Waals surface area contributed by atoms with Crippen molar-refractivity contribution in [3.8, 4) is 0 Å². The number of carbonyl (C=O) groups excluding carboxylic acids is 1. The SMILES string of the molecule is CCn1cc(C(=O)N[C@@H]2CCC[C@H](Nc3cc(C(F)(F)F)nc4ccc(Cl)cc34)C2)cn1. The van der Waals surface area contributed by atoms with Crippen molar-refractivity contribution in [2.45, 2.75) is 57.4 Å². The Kier molecular flexibility index (Phi) is 6.28. The molecule has 0 radical (unpaired) electrons. The molecule has 1 fully saturated rings. The molecule has 1 aliphatic rings. The van der Waals surface area contributed by atoms with Crippen molar-refractivity contribution < 1.29 is 18.0 Å². The summed E-state index contributed by atoms with van der Waals surface area (Å²) in [6, 6.07) is 5.46. The Labute approximate surface area is 188 Å². The first kappa shape index (κ1) is 22.4. The van der Waals surface area contributed by atoms with Gasteiger partial charge < -0.3 is 10.6 Å². The largest absolute Gasteiger partial charge is 0.433 e. The monoisotopic (exact) mass is 465 g/mol. The van der Waals surface area contributed by atoms with Crippen molar-refractivity contribution in [2.24, 2.45) is 0 Å². The van der Waals surface area contributed by atoms with Crippen LogP contribution in [0.25, 0.3) is 10.9 Å². The van der Waals surface area contributed by atoms with E-state index in [0.29, 0.717) is 34.6 Å². The summed E-state index contributed by atoms with van der Waals surface area (Å²) in [6.45, 7) is 2.61. The zero-order valence-electron chi connectivity index (χ0n) is 17.4. The molecule has 4 rings (SSSR count). The second-order valence-electron chi connectivity index (χ2n) is 7.98. The number of rotatable bonds is 5. The number of amides is 1. The summed E-state index contributed by atoms with van der Waals surface area (Å²) in [5.74, 6) is -0.198. The summed E-state index contributed by atoms with van der Waals surface area (Å²) >= 11 is 6.08. The Balaban J connectivity index is 1.52. The third-order valence-corrected chi connectivity index (χ3v) is 5.88. The van der Waals surface area contributed by atoms with Gasteiger partial charge >= 0.3 is 6.18 Å². The number of nitrogens with one attached hydrogen (secondary N) is 2. The van der Waals surface area contributed by atoms with E-state index in [1.54, 1.807) is 16.9 Å². The highest BCUT2D eigenvalue weighted by Crippen LogP contribution is 2.35. The van der Waals surface area contributed by atoms with E-state index in [2.05, 4.69) is 20.7 Å². The highest BCUT2D eigenvalue weighted by Gasteiger charge is 2.34. The van der Waals surface area contributed by atoms with Gasteiger partial charge in [-0.2, -0.15) is 18.3 Å². The molecule has 1 aromatic carbocycles. The Morgan fingerprint density at radius 2 is 2.03 bits per heavy atom. The first-order valence-corrected chi connectivity index (χ1v) is 10.9. The molecule has 2 N–H and O–H groups in total. The molecule has 1 aliphatic carbocycles. The van der Waals surface area contributed by atoms with Crippen molar-refractivity contribution >= 4 is 34.1 Å². The second-order valence-corrected chi connectivity index (χ2v) is 8.41. The fraction of sp³-hybridized carbons (Fsp3) is 0.409. The number of hydrogen-bond donors (Lipinski definition) is 2. The normalized spacial score (nSPS) is 19.2. The van der Waals surface area contributed by atoms with E-state index in [9.17, 15) is 18.0 Å². The number of pyridine rings is 1. The zero-order valence-corrected chi connectivity index (χ0v) is 18.2. The van der Waals surface area contributed by atoms with Crippen LogP contribution >= 0.6 is 11.6 Å². The van der Waals surface area contributed by atoms with Crippen molar-refractivity contribution in [1.29, 1.82) is 0 Å². The number of aryl methyl sites for hydroxylation is 1. The van der Waals surface area contributed by atoms with Gasteiger partial charge in [0.15, 0.2) is 0 Å². The van der Waals surface area contributed by atoms with E-state index in [4.69, 9.17) is 11.6 Å². The van der Waals surface area contributed by atoms with E-state index in [0.717, 1.165) is 25.3 Å². The average molecular weight is 466 g/mol.